The normalized spacial score (nSPS) is 11.0. The minimum absolute atomic E-state index is 0.324. The molecule has 0 aliphatic heterocycles. The van der Waals surface area contributed by atoms with Crippen LogP contribution in [0.2, 0.25) is 0 Å². The molecule has 0 unspecified atom stereocenters. The highest BCUT2D eigenvalue weighted by atomic mass is 16.5. The summed E-state index contributed by atoms with van der Waals surface area (Å²) in [5.41, 5.74) is 7.39. The standard InChI is InChI=1S/C26H23N3O3/c1-17-8-10-18(11-9-17)24-15-22(21-6-4-5-7-23(21)28-24)26(30)29-27-16-19-14-20(31-2)12-13-25(19)32-3/h4-16H,1-3H3,(H,29,30)/b27-16-. The second-order valence-corrected chi connectivity index (χ2v) is 7.25. The number of hydrogen-bond acceptors (Lipinski definition) is 5. The lowest BCUT2D eigenvalue weighted by molar-refractivity contribution is 0.0956. The maximum absolute atomic E-state index is 13.1. The Morgan fingerprint density at radius 3 is 2.50 bits per heavy atom. The first-order valence-corrected chi connectivity index (χ1v) is 10.1. The number of para-hydroxylation sites is 1. The molecule has 4 rings (SSSR count). The minimum atomic E-state index is -0.324. The number of pyridine rings is 1. The van der Waals surface area contributed by atoms with Gasteiger partial charge >= 0.3 is 0 Å². The van der Waals surface area contributed by atoms with Crippen LogP contribution in [0.5, 0.6) is 11.5 Å². The topological polar surface area (TPSA) is 72.8 Å². The molecule has 32 heavy (non-hydrogen) atoms. The van der Waals surface area contributed by atoms with E-state index in [4.69, 9.17) is 14.5 Å². The van der Waals surface area contributed by atoms with Gasteiger partial charge in [-0.3, -0.25) is 4.79 Å². The van der Waals surface area contributed by atoms with Gasteiger partial charge in [-0.05, 0) is 37.3 Å². The van der Waals surface area contributed by atoms with Gasteiger partial charge in [0.15, 0.2) is 0 Å². The molecule has 4 aromatic rings. The van der Waals surface area contributed by atoms with Crippen molar-refractivity contribution in [3.63, 3.8) is 0 Å². The summed E-state index contributed by atoms with van der Waals surface area (Å²) in [6.07, 6.45) is 1.53. The quantitative estimate of drug-likeness (QED) is 0.349. The van der Waals surface area contributed by atoms with Crippen molar-refractivity contribution in [2.24, 2.45) is 5.10 Å². The summed E-state index contributed by atoms with van der Waals surface area (Å²) in [7, 11) is 3.16. The fraction of sp³-hybridized carbons (Fsp3) is 0.115. The van der Waals surface area contributed by atoms with Crippen molar-refractivity contribution in [3.8, 4) is 22.8 Å². The van der Waals surface area contributed by atoms with Gasteiger partial charge in [0.2, 0.25) is 0 Å². The maximum atomic E-state index is 13.1. The molecular weight excluding hydrogens is 402 g/mol. The van der Waals surface area contributed by atoms with Gasteiger partial charge in [-0.25, -0.2) is 10.4 Å². The van der Waals surface area contributed by atoms with E-state index in [1.807, 2.05) is 55.5 Å². The summed E-state index contributed by atoms with van der Waals surface area (Å²) < 4.78 is 10.6. The van der Waals surface area contributed by atoms with Crippen molar-refractivity contribution in [2.45, 2.75) is 6.92 Å². The number of fused-ring (bicyclic) bond motifs is 1. The van der Waals surface area contributed by atoms with Crippen LogP contribution in [0.4, 0.5) is 0 Å². The second-order valence-electron chi connectivity index (χ2n) is 7.25. The first kappa shape index (κ1) is 21.1. The monoisotopic (exact) mass is 425 g/mol. The maximum Gasteiger partial charge on any atom is 0.272 e. The number of carbonyl (C=O) groups is 1. The van der Waals surface area contributed by atoms with Crippen molar-refractivity contribution >= 4 is 23.0 Å². The summed E-state index contributed by atoms with van der Waals surface area (Å²) in [5, 5.41) is 4.90. The van der Waals surface area contributed by atoms with Crippen LogP contribution >= 0.6 is 0 Å². The average molecular weight is 425 g/mol. The lowest BCUT2D eigenvalue weighted by Crippen LogP contribution is -2.18. The number of methoxy groups -OCH3 is 2. The minimum Gasteiger partial charge on any atom is -0.497 e. The van der Waals surface area contributed by atoms with E-state index in [9.17, 15) is 4.79 Å². The van der Waals surface area contributed by atoms with Gasteiger partial charge in [0.1, 0.15) is 11.5 Å². The predicted octanol–water partition coefficient (Wildman–Crippen LogP) is 4.99. The number of ether oxygens (including phenoxy) is 2. The Kier molecular flexibility index (Phi) is 6.12. The molecule has 0 aliphatic rings. The first-order chi connectivity index (χ1) is 15.6. The van der Waals surface area contributed by atoms with E-state index in [1.54, 1.807) is 38.5 Å². The van der Waals surface area contributed by atoms with Crippen LogP contribution < -0.4 is 14.9 Å². The van der Waals surface area contributed by atoms with Gasteiger partial charge in [-0.15, -0.1) is 0 Å². The number of rotatable bonds is 6. The zero-order valence-electron chi connectivity index (χ0n) is 18.1. The fourth-order valence-corrected chi connectivity index (χ4v) is 3.40. The Morgan fingerprint density at radius 1 is 0.969 bits per heavy atom. The van der Waals surface area contributed by atoms with E-state index in [0.717, 1.165) is 27.7 Å². The Bertz CT molecular complexity index is 1300. The van der Waals surface area contributed by atoms with Gasteiger partial charge in [-0.2, -0.15) is 5.10 Å². The summed E-state index contributed by atoms with van der Waals surface area (Å²) in [4.78, 5) is 17.8. The molecule has 1 amide bonds. The molecule has 160 valence electrons. The van der Waals surface area contributed by atoms with E-state index >= 15 is 0 Å². The zero-order chi connectivity index (χ0) is 22.5. The number of nitrogens with one attached hydrogen (secondary N) is 1. The Morgan fingerprint density at radius 2 is 1.75 bits per heavy atom. The van der Waals surface area contributed by atoms with Crippen LogP contribution in [0.3, 0.4) is 0 Å². The number of aryl methyl sites for hydroxylation is 1. The summed E-state index contributed by atoms with van der Waals surface area (Å²) in [6.45, 7) is 2.03. The summed E-state index contributed by atoms with van der Waals surface area (Å²) in [5.74, 6) is 0.969. The van der Waals surface area contributed by atoms with Crippen molar-refractivity contribution in [1.82, 2.24) is 10.4 Å². The molecule has 0 atom stereocenters. The van der Waals surface area contributed by atoms with E-state index in [1.165, 1.54) is 6.21 Å². The molecule has 6 nitrogen and oxygen atoms in total. The van der Waals surface area contributed by atoms with Crippen molar-refractivity contribution in [2.75, 3.05) is 14.2 Å². The molecule has 1 heterocycles. The number of hydrogen-bond donors (Lipinski definition) is 1. The number of nitrogens with zero attached hydrogens (tertiary/aromatic N) is 2. The number of carbonyl (C=O) groups excluding carboxylic acids is 1. The second kappa shape index (κ2) is 9.31. The van der Waals surface area contributed by atoms with E-state index in [0.29, 0.717) is 22.6 Å². The highest BCUT2D eigenvalue weighted by Crippen LogP contribution is 2.25. The number of hydrazone groups is 1. The molecule has 0 bridgehead atoms. The van der Waals surface area contributed by atoms with Crippen LogP contribution in [0.1, 0.15) is 21.5 Å². The lowest BCUT2D eigenvalue weighted by atomic mass is 10.0. The third-order valence-corrected chi connectivity index (χ3v) is 5.11. The number of amides is 1. The molecule has 0 saturated carbocycles. The zero-order valence-corrected chi connectivity index (χ0v) is 18.1. The SMILES string of the molecule is COc1ccc(OC)c(/C=N\NC(=O)c2cc(-c3ccc(C)cc3)nc3ccccc23)c1. The predicted molar refractivity (Wildman–Crippen MR) is 127 cm³/mol. The molecule has 0 radical (unpaired) electrons. The third kappa shape index (κ3) is 4.44. The first-order valence-electron chi connectivity index (χ1n) is 10.1. The lowest BCUT2D eigenvalue weighted by Gasteiger charge is -2.09. The summed E-state index contributed by atoms with van der Waals surface area (Å²) >= 11 is 0. The fourth-order valence-electron chi connectivity index (χ4n) is 3.40. The van der Waals surface area contributed by atoms with Crippen LogP contribution in [0.15, 0.2) is 77.9 Å². The molecule has 1 N–H and O–H groups in total. The molecule has 3 aromatic carbocycles. The Hall–Kier alpha value is -4.19. The Labute approximate surface area is 186 Å². The van der Waals surface area contributed by atoms with Crippen LogP contribution in [0, 0.1) is 6.92 Å². The molecule has 6 heteroatoms. The smallest absolute Gasteiger partial charge is 0.272 e. The Balaban J connectivity index is 1.66. The van der Waals surface area contributed by atoms with Gasteiger partial charge < -0.3 is 9.47 Å². The number of benzene rings is 3. The van der Waals surface area contributed by atoms with E-state index < -0.39 is 0 Å². The molecular formula is C26H23N3O3. The molecule has 0 spiro atoms. The molecule has 0 aliphatic carbocycles. The van der Waals surface area contributed by atoms with Crippen molar-refractivity contribution < 1.29 is 14.3 Å². The largest absolute Gasteiger partial charge is 0.497 e. The third-order valence-electron chi connectivity index (χ3n) is 5.11. The molecule has 0 fully saturated rings. The summed E-state index contributed by atoms with van der Waals surface area (Å²) in [6, 6.07) is 22.8. The van der Waals surface area contributed by atoms with Crippen LogP contribution in [0.25, 0.3) is 22.2 Å². The highest BCUT2D eigenvalue weighted by Gasteiger charge is 2.13. The number of aromatic nitrogens is 1. The van der Waals surface area contributed by atoms with E-state index in [-0.39, 0.29) is 5.91 Å². The van der Waals surface area contributed by atoms with Gasteiger partial charge in [0.05, 0.1) is 37.2 Å². The van der Waals surface area contributed by atoms with Gasteiger partial charge in [-0.1, -0.05) is 48.0 Å². The molecule has 1 aromatic heterocycles. The van der Waals surface area contributed by atoms with E-state index in [2.05, 4.69) is 10.5 Å². The van der Waals surface area contributed by atoms with Gasteiger partial charge in [0, 0.05) is 16.5 Å². The highest BCUT2D eigenvalue weighted by molar-refractivity contribution is 6.07. The molecule has 0 saturated heterocycles. The van der Waals surface area contributed by atoms with Crippen molar-refractivity contribution in [3.05, 3.63) is 89.5 Å². The van der Waals surface area contributed by atoms with Gasteiger partial charge in [0.25, 0.3) is 5.91 Å². The van der Waals surface area contributed by atoms with Crippen molar-refractivity contribution in [1.29, 1.82) is 0 Å². The van der Waals surface area contributed by atoms with Crippen LogP contribution in [-0.4, -0.2) is 31.3 Å². The van der Waals surface area contributed by atoms with Crippen LogP contribution in [-0.2, 0) is 0 Å². The average Bonchev–Trinajstić information content (AvgIpc) is 2.83.